The number of benzene rings is 2. The van der Waals surface area contributed by atoms with E-state index in [4.69, 9.17) is 4.74 Å². The molecule has 4 nitrogen and oxygen atoms in total. The summed E-state index contributed by atoms with van der Waals surface area (Å²) in [6.45, 7) is 1.76. The molecule has 1 aliphatic carbocycles. The molecular weight excluding hydrogens is 290 g/mol. The van der Waals surface area contributed by atoms with E-state index >= 15 is 0 Å². The Labute approximate surface area is 135 Å². The van der Waals surface area contributed by atoms with E-state index in [1.165, 1.54) is 0 Å². The van der Waals surface area contributed by atoms with Gasteiger partial charge in [0.1, 0.15) is 0 Å². The second-order valence-electron chi connectivity index (χ2n) is 5.89. The maximum absolute atomic E-state index is 12.0. The summed E-state index contributed by atoms with van der Waals surface area (Å²) >= 11 is 0. The van der Waals surface area contributed by atoms with E-state index in [1.807, 2.05) is 61.5 Å². The molecule has 2 aromatic carbocycles. The number of rotatable bonds is 5. The molecule has 1 aliphatic rings. The number of anilines is 1. The number of carbonyl (C=O) groups is 2. The smallest absolute Gasteiger partial charge is 0.309 e. The summed E-state index contributed by atoms with van der Waals surface area (Å²) in [6, 6.07) is 17.4. The molecule has 0 aliphatic heterocycles. The molecule has 1 N–H and O–H groups in total. The van der Waals surface area contributed by atoms with Crippen LogP contribution in [0.15, 0.2) is 54.6 Å². The number of hydrogen-bond acceptors (Lipinski definition) is 3. The van der Waals surface area contributed by atoms with Crippen LogP contribution in [0.4, 0.5) is 5.69 Å². The SMILES string of the molecule is C[C@@H]1C[C@H]1C(=O)OCC(=O)Nc1ccccc1-c1ccccc1. The normalized spacial score (nSPS) is 19.0. The van der Waals surface area contributed by atoms with Crippen molar-refractivity contribution in [2.45, 2.75) is 13.3 Å². The van der Waals surface area contributed by atoms with Crippen LogP contribution in [0.3, 0.4) is 0 Å². The van der Waals surface area contributed by atoms with Gasteiger partial charge in [0.05, 0.1) is 5.92 Å². The molecule has 1 fully saturated rings. The zero-order chi connectivity index (χ0) is 16.2. The number of para-hydroxylation sites is 1. The molecule has 0 bridgehead atoms. The summed E-state index contributed by atoms with van der Waals surface area (Å²) in [6.07, 6.45) is 0.858. The first-order valence-corrected chi connectivity index (χ1v) is 7.76. The van der Waals surface area contributed by atoms with Crippen LogP contribution in [0.25, 0.3) is 11.1 Å². The highest BCUT2D eigenvalue weighted by atomic mass is 16.5. The van der Waals surface area contributed by atoms with Crippen LogP contribution in [-0.2, 0) is 14.3 Å². The average molecular weight is 309 g/mol. The number of carbonyl (C=O) groups excluding carboxylic acids is 2. The molecule has 4 heteroatoms. The summed E-state index contributed by atoms with van der Waals surface area (Å²) in [7, 11) is 0. The van der Waals surface area contributed by atoms with Gasteiger partial charge in [0.15, 0.2) is 6.61 Å². The number of amides is 1. The van der Waals surface area contributed by atoms with E-state index in [0.717, 1.165) is 17.5 Å². The summed E-state index contributed by atoms with van der Waals surface area (Å²) in [4.78, 5) is 23.7. The van der Waals surface area contributed by atoms with Crippen molar-refractivity contribution in [3.8, 4) is 11.1 Å². The van der Waals surface area contributed by atoms with Gasteiger partial charge in [0, 0.05) is 11.3 Å². The molecule has 0 saturated heterocycles. The fraction of sp³-hybridized carbons (Fsp3) is 0.263. The first kappa shape index (κ1) is 15.3. The van der Waals surface area contributed by atoms with Crippen molar-refractivity contribution in [1.82, 2.24) is 0 Å². The quantitative estimate of drug-likeness (QED) is 0.860. The number of esters is 1. The summed E-state index contributed by atoms with van der Waals surface area (Å²) in [5.41, 5.74) is 2.66. The van der Waals surface area contributed by atoms with Crippen molar-refractivity contribution in [2.24, 2.45) is 11.8 Å². The Balaban J connectivity index is 1.64. The lowest BCUT2D eigenvalue weighted by molar-refractivity contribution is -0.148. The Hall–Kier alpha value is -2.62. The van der Waals surface area contributed by atoms with Crippen molar-refractivity contribution >= 4 is 17.6 Å². The molecule has 0 heterocycles. The fourth-order valence-corrected chi connectivity index (χ4v) is 2.54. The van der Waals surface area contributed by atoms with Crippen LogP contribution >= 0.6 is 0 Å². The molecule has 118 valence electrons. The number of nitrogens with one attached hydrogen (secondary N) is 1. The highest BCUT2D eigenvalue weighted by Crippen LogP contribution is 2.38. The third-order valence-electron chi connectivity index (χ3n) is 4.04. The lowest BCUT2D eigenvalue weighted by Crippen LogP contribution is -2.22. The molecule has 23 heavy (non-hydrogen) atoms. The Bertz CT molecular complexity index is 712. The molecule has 1 saturated carbocycles. The standard InChI is InChI=1S/C19H19NO3/c1-13-11-16(13)19(22)23-12-18(21)20-17-10-6-5-9-15(17)14-7-3-2-4-8-14/h2-10,13,16H,11-12H2,1H3,(H,20,21)/t13-,16-/m1/s1. The lowest BCUT2D eigenvalue weighted by atomic mass is 10.0. The third-order valence-corrected chi connectivity index (χ3v) is 4.04. The van der Waals surface area contributed by atoms with E-state index in [2.05, 4.69) is 5.32 Å². The predicted molar refractivity (Wildman–Crippen MR) is 88.7 cm³/mol. The summed E-state index contributed by atoms with van der Waals surface area (Å²) in [5.74, 6) is -0.247. The van der Waals surface area contributed by atoms with Gasteiger partial charge >= 0.3 is 5.97 Å². The van der Waals surface area contributed by atoms with Crippen molar-refractivity contribution < 1.29 is 14.3 Å². The van der Waals surface area contributed by atoms with E-state index < -0.39 is 0 Å². The van der Waals surface area contributed by atoms with Crippen LogP contribution in [0.5, 0.6) is 0 Å². The number of hydrogen-bond donors (Lipinski definition) is 1. The van der Waals surface area contributed by atoms with E-state index in [0.29, 0.717) is 11.6 Å². The van der Waals surface area contributed by atoms with Gasteiger partial charge in [-0.05, 0) is 24.0 Å². The molecule has 3 rings (SSSR count). The molecular formula is C19H19NO3. The van der Waals surface area contributed by atoms with Crippen LogP contribution in [0.1, 0.15) is 13.3 Å². The first-order chi connectivity index (χ1) is 11.1. The highest BCUT2D eigenvalue weighted by Gasteiger charge is 2.40. The molecule has 0 aromatic heterocycles. The fourth-order valence-electron chi connectivity index (χ4n) is 2.54. The van der Waals surface area contributed by atoms with Gasteiger partial charge in [-0.25, -0.2) is 0 Å². The van der Waals surface area contributed by atoms with Crippen molar-refractivity contribution in [3.05, 3.63) is 54.6 Å². The predicted octanol–water partition coefficient (Wildman–Crippen LogP) is 3.49. The minimum Gasteiger partial charge on any atom is -0.455 e. The van der Waals surface area contributed by atoms with E-state index in [1.54, 1.807) is 0 Å². The molecule has 0 radical (unpaired) electrons. The van der Waals surface area contributed by atoms with Gasteiger partial charge in [0.2, 0.25) is 0 Å². The minimum atomic E-state index is -0.324. The van der Waals surface area contributed by atoms with Gasteiger partial charge in [-0.2, -0.15) is 0 Å². The third kappa shape index (κ3) is 3.77. The minimum absolute atomic E-state index is 0.0283. The van der Waals surface area contributed by atoms with Crippen molar-refractivity contribution in [1.29, 1.82) is 0 Å². The second kappa shape index (κ2) is 6.65. The van der Waals surface area contributed by atoms with Gasteiger partial charge in [-0.1, -0.05) is 55.5 Å². The lowest BCUT2D eigenvalue weighted by Gasteiger charge is -2.11. The Morgan fingerprint density at radius 3 is 2.43 bits per heavy atom. The molecule has 0 spiro atoms. The maximum atomic E-state index is 12.0. The average Bonchev–Trinajstić information content (AvgIpc) is 3.31. The molecule has 1 amide bonds. The Kier molecular flexibility index (Phi) is 4.42. The van der Waals surface area contributed by atoms with E-state index in [9.17, 15) is 9.59 Å². The van der Waals surface area contributed by atoms with Gasteiger partial charge in [0.25, 0.3) is 5.91 Å². The topological polar surface area (TPSA) is 55.4 Å². The van der Waals surface area contributed by atoms with Gasteiger partial charge in [-0.3, -0.25) is 9.59 Å². The Morgan fingerprint density at radius 1 is 1.09 bits per heavy atom. The summed E-state index contributed by atoms with van der Waals surface area (Å²) in [5, 5.41) is 2.82. The molecule has 2 atom stereocenters. The van der Waals surface area contributed by atoms with Crippen molar-refractivity contribution in [3.63, 3.8) is 0 Å². The monoisotopic (exact) mass is 309 g/mol. The van der Waals surface area contributed by atoms with Crippen LogP contribution in [0, 0.1) is 11.8 Å². The van der Waals surface area contributed by atoms with Crippen molar-refractivity contribution in [2.75, 3.05) is 11.9 Å². The largest absolute Gasteiger partial charge is 0.455 e. The van der Waals surface area contributed by atoms with E-state index in [-0.39, 0.29) is 24.4 Å². The maximum Gasteiger partial charge on any atom is 0.309 e. The first-order valence-electron chi connectivity index (χ1n) is 7.76. The van der Waals surface area contributed by atoms with Crippen LogP contribution < -0.4 is 5.32 Å². The molecule has 0 unspecified atom stereocenters. The highest BCUT2D eigenvalue weighted by molar-refractivity contribution is 5.97. The van der Waals surface area contributed by atoms with Crippen LogP contribution in [0.2, 0.25) is 0 Å². The summed E-state index contributed by atoms with van der Waals surface area (Å²) < 4.78 is 5.06. The zero-order valence-corrected chi connectivity index (χ0v) is 13.0. The molecule has 2 aromatic rings. The van der Waals surface area contributed by atoms with Crippen LogP contribution in [-0.4, -0.2) is 18.5 Å². The van der Waals surface area contributed by atoms with Gasteiger partial charge < -0.3 is 10.1 Å². The number of ether oxygens (including phenoxy) is 1. The Morgan fingerprint density at radius 2 is 1.74 bits per heavy atom. The second-order valence-corrected chi connectivity index (χ2v) is 5.89. The zero-order valence-electron chi connectivity index (χ0n) is 13.0. The van der Waals surface area contributed by atoms with Gasteiger partial charge in [-0.15, -0.1) is 0 Å².